The zero-order valence-electron chi connectivity index (χ0n) is 8.80. The highest BCUT2D eigenvalue weighted by molar-refractivity contribution is 5.29. The van der Waals surface area contributed by atoms with E-state index < -0.39 is 0 Å². The van der Waals surface area contributed by atoms with E-state index in [2.05, 4.69) is 48.7 Å². The van der Waals surface area contributed by atoms with Gasteiger partial charge in [0.05, 0.1) is 0 Å². The van der Waals surface area contributed by atoms with Gasteiger partial charge in [0, 0.05) is 12.4 Å². The van der Waals surface area contributed by atoms with Crippen molar-refractivity contribution in [3.63, 3.8) is 0 Å². The maximum Gasteiger partial charge on any atom is 0.0303 e. The zero-order valence-corrected chi connectivity index (χ0v) is 8.80. The van der Waals surface area contributed by atoms with Gasteiger partial charge in [0.25, 0.3) is 0 Å². The van der Waals surface area contributed by atoms with Gasteiger partial charge in [-0.2, -0.15) is 0 Å². The van der Waals surface area contributed by atoms with Crippen LogP contribution >= 0.6 is 0 Å². The van der Waals surface area contributed by atoms with E-state index in [-0.39, 0.29) is 0 Å². The Morgan fingerprint density at radius 1 is 1.07 bits per heavy atom. The van der Waals surface area contributed by atoms with E-state index >= 15 is 0 Å². The Morgan fingerprint density at radius 3 is 2.53 bits per heavy atom. The molecule has 2 aromatic rings. The summed E-state index contributed by atoms with van der Waals surface area (Å²) < 4.78 is 0. The summed E-state index contributed by atoms with van der Waals surface area (Å²) in [4.78, 5) is 4.10. The molecule has 15 heavy (non-hydrogen) atoms. The van der Waals surface area contributed by atoms with Crippen LogP contribution in [-0.2, 0) is 0 Å². The largest absolute Gasteiger partial charge is 0.264 e. The standard InChI is InChI=1S/C14H14N/c1-12(14-7-3-2-4-8-14)10-13-6-5-9-15-11-13/h2-12H,1H3. The lowest BCUT2D eigenvalue weighted by Gasteiger charge is -2.10. The molecule has 0 bridgehead atoms. The second kappa shape index (κ2) is 4.74. The monoisotopic (exact) mass is 196 g/mol. The molecule has 1 aromatic carbocycles. The lowest BCUT2D eigenvalue weighted by atomic mass is 9.95. The Morgan fingerprint density at radius 2 is 1.87 bits per heavy atom. The maximum atomic E-state index is 4.10. The molecule has 0 saturated heterocycles. The van der Waals surface area contributed by atoms with Crippen molar-refractivity contribution < 1.29 is 0 Å². The molecule has 0 aliphatic rings. The van der Waals surface area contributed by atoms with Gasteiger partial charge in [-0.15, -0.1) is 0 Å². The second-order valence-corrected chi connectivity index (χ2v) is 3.65. The number of pyridine rings is 1. The summed E-state index contributed by atoms with van der Waals surface area (Å²) in [5.74, 6) is 0.426. The Labute approximate surface area is 90.8 Å². The molecule has 1 radical (unpaired) electrons. The molecule has 0 amide bonds. The van der Waals surface area contributed by atoms with E-state index in [1.165, 1.54) is 11.1 Å². The third-order valence-corrected chi connectivity index (χ3v) is 2.45. The first-order valence-electron chi connectivity index (χ1n) is 5.16. The average molecular weight is 196 g/mol. The van der Waals surface area contributed by atoms with Gasteiger partial charge in [-0.3, -0.25) is 4.98 Å². The van der Waals surface area contributed by atoms with Gasteiger partial charge in [0.2, 0.25) is 0 Å². The maximum absolute atomic E-state index is 4.10. The minimum atomic E-state index is 0.426. The van der Waals surface area contributed by atoms with Gasteiger partial charge in [-0.25, -0.2) is 0 Å². The Bertz CT molecular complexity index is 394. The van der Waals surface area contributed by atoms with Crippen LogP contribution in [0.25, 0.3) is 0 Å². The van der Waals surface area contributed by atoms with Crippen molar-refractivity contribution in [2.75, 3.05) is 0 Å². The molecule has 0 fully saturated rings. The highest BCUT2D eigenvalue weighted by atomic mass is 14.6. The Balaban J connectivity index is 2.08. The van der Waals surface area contributed by atoms with E-state index in [0.717, 1.165) is 0 Å². The van der Waals surface area contributed by atoms with Gasteiger partial charge >= 0.3 is 0 Å². The molecule has 1 heterocycles. The molecule has 2 rings (SSSR count). The molecule has 0 spiro atoms. The SMILES string of the molecule is CC([CH]c1cccnc1)c1ccccc1. The number of aromatic nitrogens is 1. The number of nitrogens with zero attached hydrogens (tertiary/aromatic N) is 1. The first-order valence-corrected chi connectivity index (χ1v) is 5.16. The van der Waals surface area contributed by atoms with Gasteiger partial charge in [0.1, 0.15) is 0 Å². The quantitative estimate of drug-likeness (QED) is 0.732. The molecule has 0 saturated carbocycles. The molecule has 0 N–H and O–H groups in total. The molecule has 1 aromatic heterocycles. The summed E-state index contributed by atoms with van der Waals surface area (Å²) in [6.45, 7) is 2.20. The van der Waals surface area contributed by atoms with E-state index in [0.29, 0.717) is 5.92 Å². The molecule has 1 heteroatoms. The summed E-state index contributed by atoms with van der Waals surface area (Å²) in [7, 11) is 0. The van der Waals surface area contributed by atoms with Gasteiger partial charge in [0.15, 0.2) is 0 Å². The van der Waals surface area contributed by atoms with Crippen molar-refractivity contribution in [3.8, 4) is 0 Å². The van der Waals surface area contributed by atoms with Crippen molar-refractivity contribution in [1.82, 2.24) is 4.98 Å². The highest BCUT2D eigenvalue weighted by Gasteiger charge is 2.05. The average Bonchev–Trinajstić information content (AvgIpc) is 2.31. The van der Waals surface area contributed by atoms with Crippen LogP contribution in [0.3, 0.4) is 0 Å². The van der Waals surface area contributed by atoms with Gasteiger partial charge in [-0.1, -0.05) is 43.3 Å². The molecule has 75 valence electrons. The first-order chi connectivity index (χ1) is 7.36. The van der Waals surface area contributed by atoms with Crippen LogP contribution in [0, 0.1) is 6.42 Å². The highest BCUT2D eigenvalue weighted by Crippen LogP contribution is 2.21. The molecular weight excluding hydrogens is 182 g/mol. The smallest absolute Gasteiger partial charge is 0.0303 e. The minimum Gasteiger partial charge on any atom is -0.264 e. The predicted molar refractivity (Wildman–Crippen MR) is 62.5 cm³/mol. The molecule has 1 unspecified atom stereocenters. The fraction of sp³-hybridized carbons (Fsp3) is 0.143. The van der Waals surface area contributed by atoms with Crippen LogP contribution in [0.5, 0.6) is 0 Å². The summed E-state index contributed by atoms with van der Waals surface area (Å²) in [6, 6.07) is 14.5. The van der Waals surface area contributed by atoms with Gasteiger partial charge in [-0.05, 0) is 29.5 Å². The molecule has 0 aliphatic carbocycles. The topological polar surface area (TPSA) is 12.9 Å². The van der Waals surface area contributed by atoms with E-state index in [1.54, 1.807) is 6.20 Å². The lowest BCUT2D eigenvalue weighted by molar-refractivity contribution is 0.901. The summed E-state index contributed by atoms with van der Waals surface area (Å²) in [6.07, 6.45) is 5.91. The van der Waals surface area contributed by atoms with E-state index in [1.807, 2.05) is 18.3 Å². The normalized spacial score (nSPS) is 12.3. The third-order valence-electron chi connectivity index (χ3n) is 2.45. The second-order valence-electron chi connectivity index (χ2n) is 3.65. The van der Waals surface area contributed by atoms with Crippen LogP contribution in [0.4, 0.5) is 0 Å². The van der Waals surface area contributed by atoms with Crippen LogP contribution in [0.15, 0.2) is 54.9 Å². The Kier molecular flexibility index (Phi) is 3.13. The van der Waals surface area contributed by atoms with Crippen molar-refractivity contribution in [1.29, 1.82) is 0 Å². The fourth-order valence-electron chi connectivity index (χ4n) is 1.62. The van der Waals surface area contributed by atoms with Crippen LogP contribution in [0.2, 0.25) is 0 Å². The predicted octanol–water partition coefficient (Wildman–Crippen LogP) is 3.44. The number of rotatable bonds is 3. The van der Waals surface area contributed by atoms with Crippen molar-refractivity contribution >= 4 is 0 Å². The van der Waals surface area contributed by atoms with Gasteiger partial charge < -0.3 is 0 Å². The van der Waals surface area contributed by atoms with Crippen molar-refractivity contribution in [3.05, 3.63) is 72.4 Å². The summed E-state index contributed by atoms with van der Waals surface area (Å²) in [5, 5.41) is 0. The van der Waals surface area contributed by atoms with Crippen molar-refractivity contribution in [2.24, 2.45) is 0 Å². The van der Waals surface area contributed by atoms with E-state index in [4.69, 9.17) is 0 Å². The third kappa shape index (κ3) is 2.66. The van der Waals surface area contributed by atoms with Crippen LogP contribution in [0.1, 0.15) is 24.0 Å². The number of hydrogen-bond acceptors (Lipinski definition) is 1. The molecule has 1 nitrogen and oxygen atoms in total. The zero-order chi connectivity index (χ0) is 10.5. The van der Waals surface area contributed by atoms with Crippen molar-refractivity contribution in [2.45, 2.75) is 12.8 Å². The first kappa shape index (κ1) is 9.91. The minimum absolute atomic E-state index is 0.426. The lowest BCUT2D eigenvalue weighted by Crippen LogP contribution is -1.95. The van der Waals surface area contributed by atoms with Crippen LogP contribution in [-0.4, -0.2) is 4.98 Å². The number of hydrogen-bond donors (Lipinski definition) is 0. The Hall–Kier alpha value is -1.63. The molecule has 0 aliphatic heterocycles. The van der Waals surface area contributed by atoms with E-state index in [9.17, 15) is 0 Å². The molecule has 1 atom stereocenters. The summed E-state index contributed by atoms with van der Waals surface area (Å²) in [5.41, 5.74) is 2.51. The molecular formula is C14H14N. The summed E-state index contributed by atoms with van der Waals surface area (Å²) >= 11 is 0. The number of benzene rings is 1. The van der Waals surface area contributed by atoms with Crippen LogP contribution < -0.4 is 0 Å². The fourth-order valence-corrected chi connectivity index (χ4v) is 1.62.